The molecule has 1 heterocycles. The third-order valence-electron chi connectivity index (χ3n) is 2.06. The van der Waals surface area contributed by atoms with Crippen LogP contribution in [0.25, 0.3) is 0 Å². The van der Waals surface area contributed by atoms with Gasteiger partial charge in [-0.2, -0.15) is 0 Å². The Morgan fingerprint density at radius 2 is 1.89 bits per heavy atom. The van der Waals surface area contributed by atoms with E-state index in [1.54, 1.807) is 0 Å². The first kappa shape index (κ1) is 12.3. The highest BCUT2D eigenvalue weighted by atomic mass is 35.5. The van der Waals surface area contributed by atoms with Crippen molar-refractivity contribution in [3.63, 3.8) is 0 Å². The summed E-state index contributed by atoms with van der Waals surface area (Å²) in [7, 11) is 0. The SMILES string of the molecule is O=C(O)c1nc(Oc2ccc(F)cc2)ccc1Cl. The molecule has 6 heteroatoms. The molecule has 0 saturated carbocycles. The fourth-order valence-electron chi connectivity index (χ4n) is 1.25. The van der Waals surface area contributed by atoms with Crippen LogP contribution in [0.3, 0.4) is 0 Å². The zero-order valence-corrected chi connectivity index (χ0v) is 9.69. The molecule has 2 rings (SSSR count). The van der Waals surface area contributed by atoms with Gasteiger partial charge in [0.1, 0.15) is 11.6 Å². The van der Waals surface area contributed by atoms with Gasteiger partial charge in [0.2, 0.25) is 5.88 Å². The van der Waals surface area contributed by atoms with E-state index in [1.807, 2.05) is 0 Å². The Morgan fingerprint density at radius 3 is 2.50 bits per heavy atom. The third-order valence-corrected chi connectivity index (χ3v) is 2.36. The maximum absolute atomic E-state index is 12.7. The van der Waals surface area contributed by atoms with Crippen LogP contribution in [0, 0.1) is 5.82 Å². The van der Waals surface area contributed by atoms with Crippen molar-refractivity contribution >= 4 is 17.6 Å². The third kappa shape index (κ3) is 2.75. The van der Waals surface area contributed by atoms with E-state index < -0.39 is 11.8 Å². The second-order valence-electron chi connectivity index (χ2n) is 3.34. The summed E-state index contributed by atoms with van der Waals surface area (Å²) in [5, 5.41) is 8.86. The molecule has 2 aromatic rings. The summed E-state index contributed by atoms with van der Waals surface area (Å²) in [6, 6.07) is 8.07. The van der Waals surface area contributed by atoms with Gasteiger partial charge in [-0.15, -0.1) is 0 Å². The Balaban J connectivity index is 2.27. The standard InChI is InChI=1S/C12H7ClFNO3/c13-9-5-6-10(15-11(9)12(16)17)18-8-3-1-7(14)2-4-8/h1-6H,(H,16,17). The number of benzene rings is 1. The normalized spacial score (nSPS) is 10.1. The Labute approximate surface area is 107 Å². The lowest BCUT2D eigenvalue weighted by Crippen LogP contribution is -2.02. The van der Waals surface area contributed by atoms with Gasteiger partial charge in [0.05, 0.1) is 5.02 Å². The summed E-state index contributed by atoms with van der Waals surface area (Å²) in [4.78, 5) is 14.6. The molecule has 0 spiro atoms. The number of hydrogen-bond donors (Lipinski definition) is 1. The monoisotopic (exact) mass is 267 g/mol. The molecule has 0 amide bonds. The zero-order valence-electron chi connectivity index (χ0n) is 8.93. The van der Waals surface area contributed by atoms with Crippen LogP contribution in [0.5, 0.6) is 11.6 Å². The topological polar surface area (TPSA) is 59.4 Å². The summed E-state index contributed by atoms with van der Waals surface area (Å²) in [6.07, 6.45) is 0. The molecule has 0 aliphatic heterocycles. The van der Waals surface area contributed by atoms with E-state index >= 15 is 0 Å². The Kier molecular flexibility index (Phi) is 3.43. The van der Waals surface area contributed by atoms with Crippen LogP contribution in [0.15, 0.2) is 36.4 Å². The predicted molar refractivity (Wildman–Crippen MR) is 62.7 cm³/mol. The van der Waals surface area contributed by atoms with Crippen molar-refractivity contribution in [3.05, 3.63) is 52.9 Å². The van der Waals surface area contributed by atoms with Gasteiger partial charge in [-0.25, -0.2) is 14.2 Å². The smallest absolute Gasteiger partial charge is 0.356 e. The number of carbonyl (C=O) groups is 1. The van der Waals surface area contributed by atoms with Gasteiger partial charge in [0.25, 0.3) is 0 Å². The quantitative estimate of drug-likeness (QED) is 0.926. The number of carboxylic acids is 1. The summed E-state index contributed by atoms with van der Waals surface area (Å²) in [5.41, 5.74) is -0.295. The van der Waals surface area contributed by atoms with Gasteiger partial charge < -0.3 is 9.84 Å². The molecule has 4 nitrogen and oxygen atoms in total. The average molecular weight is 268 g/mol. The van der Waals surface area contributed by atoms with Crippen LogP contribution in [-0.4, -0.2) is 16.1 Å². The van der Waals surface area contributed by atoms with Crippen molar-refractivity contribution in [2.24, 2.45) is 0 Å². The number of rotatable bonds is 3. The molecular formula is C12H7ClFNO3. The molecule has 0 atom stereocenters. The van der Waals surface area contributed by atoms with Gasteiger partial charge >= 0.3 is 5.97 Å². The van der Waals surface area contributed by atoms with E-state index in [1.165, 1.54) is 36.4 Å². The Hall–Kier alpha value is -2.14. The molecule has 92 valence electrons. The maximum Gasteiger partial charge on any atom is 0.356 e. The number of halogens is 2. The van der Waals surface area contributed by atoms with E-state index in [9.17, 15) is 9.18 Å². The number of pyridine rings is 1. The van der Waals surface area contributed by atoms with Crippen molar-refractivity contribution in [1.82, 2.24) is 4.98 Å². The van der Waals surface area contributed by atoms with Crippen LogP contribution < -0.4 is 4.74 Å². The van der Waals surface area contributed by atoms with Gasteiger partial charge in [0, 0.05) is 6.07 Å². The first-order chi connectivity index (χ1) is 8.56. The van der Waals surface area contributed by atoms with Crippen LogP contribution in [0.1, 0.15) is 10.5 Å². The van der Waals surface area contributed by atoms with Gasteiger partial charge in [-0.3, -0.25) is 0 Å². The number of aromatic nitrogens is 1. The molecule has 1 aromatic carbocycles. The van der Waals surface area contributed by atoms with E-state index in [0.717, 1.165) is 0 Å². The summed E-state index contributed by atoms with van der Waals surface area (Å²) in [5.74, 6) is -1.21. The van der Waals surface area contributed by atoms with Crippen molar-refractivity contribution in [3.8, 4) is 11.6 Å². The maximum atomic E-state index is 12.7. The molecule has 18 heavy (non-hydrogen) atoms. The van der Waals surface area contributed by atoms with Crippen molar-refractivity contribution in [1.29, 1.82) is 0 Å². The van der Waals surface area contributed by atoms with Crippen LogP contribution in [0.4, 0.5) is 4.39 Å². The lowest BCUT2D eigenvalue weighted by molar-refractivity contribution is 0.0690. The van der Waals surface area contributed by atoms with Gasteiger partial charge in [0.15, 0.2) is 5.69 Å². The first-order valence-electron chi connectivity index (χ1n) is 4.89. The number of nitrogens with zero attached hydrogens (tertiary/aromatic N) is 1. The van der Waals surface area contributed by atoms with Crippen molar-refractivity contribution in [2.75, 3.05) is 0 Å². The minimum Gasteiger partial charge on any atom is -0.476 e. The summed E-state index contributed by atoms with van der Waals surface area (Å²) in [6.45, 7) is 0. The lowest BCUT2D eigenvalue weighted by atomic mass is 10.3. The number of aromatic carboxylic acids is 1. The van der Waals surface area contributed by atoms with Crippen LogP contribution >= 0.6 is 11.6 Å². The molecule has 0 bridgehead atoms. The zero-order chi connectivity index (χ0) is 13.1. The van der Waals surface area contributed by atoms with Gasteiger partial charge in [-0.1, -0.05) is 11.6 Å². The van der Waals surface area contributed by atoms with Crippen LogP contribution in [0.2, 0.25) is 5.02 Å². The second-order valence-corrected chi connectivity index (χ2v) is 3.75. The lowest BCUT2D eigenvalue weighted by Gasteiger charge is -2.06. The largest absolute Gasteiger partial charge is 0.476 e. The molecule has 1 aromatic heterocycles. The first-order valence-corrected chi connectivity index (χ1v) is 5.27. The minimum absolute atomic E-state index is 0.0222. The number of hydrogen-bond acceptors (Lipinski definition) is 3. The van der Waals surface area contributed by atoms with Crippen molar-refractivity contribution in [2.45, 2.75) is 0 Å². The van der Waals surface area contributed by atoms with Crippen molar-refractivity contribution < 1.29 is 19.0 Å². The summed E-state index contributed by atoms with van der Waals surface area (Å²) >= 11 is 5.67. The summed E-state index contributed by atoms with van der Waals surface area (Å²) < 4.78 is 18.0. The Bertz CT molecular complexity index is 586. The molecule has 1 N–H and O–H groups in total. The highest BCUT2D eigenvalue weighted by Gasteiger charge is 2.12. The van der Waals surface area contributed by atoms with E-state index in [2.05, 4.69) is 4.98 Å². The van der Waals surface area contributed by atoms with Crippen LogP contribution in [-0.2, 0) is 0 Å². The highest BCUT2D eigenvalue weighted by Crippen LogP contribution is 2.23. The molecule has 0 aliphatic rings. The second kappa shape index (κ2) is 5.01. The molecule has 0 saturated heterocycles. The molecule has 0 fully saturated rings. The van der Waals surface area contributed by atoms with E-state index in [-0.39, 0.29) is 16.6 Å². The molecule has 0 unspecified atom stereocenters. The Morgan fingerprint density at radius 1 is 1.22 bits per heavy atom. The molecule has 0 aliphatic carbocycles. The fourth-order valence-corrected chi connectivity index (χ4v) is 1.44. The minimum atomic E-state index is -1.25. The molecular weight excluding hydrogens is 261 g/mol. The van der Waals surface area contributed by atoms with Gasteiger partial charge in [-0.05, 0) is 30.3 Å². The highest BCUT2D eigenvalue weighted by molar-refractivity contribution is 6.33. The van der Waals surface area contributed by atoms with E-state index in [0.29, 0.717) is 5.75 Å². The number of ether oxygens (including phenoxy) is 1. The fraction of sp³-hybridized carbons (Fsp3) is 0. The molecule has 0 radical (unpaired) electrons. The predicted octanol–water partition coefficient (Wildman–Crippen LogP) is 3.36. The average Bonchev–Trinajstić information content (AvgIpc) is 2.34. The van der Waals surface area contributed by atoms with E-state index in [4.69, 9.17) is 21.4 Å². The number of carboxylic acid groups (broad SMARTS) is 1.